The van der Waals surface area contributed by atoms with Crippen LogP contribution in [0.3, 0.4) is 0 Å². The molecular weight excluding hydrogens is 466 g/mol. The number of nitrogens with zero attached hydrogens (tertiary/aromatic N) is 3. The predicted molar refractivity (Wildman–Crippen MR) is 143 cm³/mol. The molecule has 0 aliphatic carbocycles. The minimum atomic E-state index is -0.388. The molecule has 9 N–H and O–H groups in total. The Labute approximate surface area is 207 Å². The van der Waals surface area contributed by atoms with E-state index in [1.54, 1.807) is 55.8 Å². The first-order valence-electron chi connectivity index (χ1n) is 10.3. The summed E-state index contributed by atoms with van der Waals surface area (Å²) in [6.07, 6.45) is 6.81. The molecule has 0 radical (unpaired) electrons. The molecule has 0 bridgehead atoms. The molecular formula is C24H24ClN9O. The smallest absolute Gasteiger partial charge is 0.258 e. The van der Waals surface area contributed by atoms with Crippen molar-refractivity contribution in [3.8, 4) is 0 Å². The summed E-state index contributed by atoms with van der Waals surface area (Å²) >= 11 is 6.35. The first-order chi connectivity index (χ1) is 16.9. The van der Waals surface area contributed by atoms with Crippen LogP contribution in [0, 0.1) is 5.41 Å². The fourth-order valence-electron chi connectivity index (χ4n) is 3.08. The van der Waals surface area contributed by atoms with Crippen molar-refractivity contribution in [1.29, 1.82) is 5.41 Å². The Bertz CT molecular complexity index is 1350. The summed E-state index contributed by atoms with van der Waals surface area (Å²) in [6.45, 7) is 0. The van der Waals surface area contributed by atoms with Crippen LogP contribution in [0.15, 0.2) is 76.6 Å². The van der Waals surface area contributed by atoms with Gasteiger partial charge in [0.15, 0.2) is 0 Å². The number of anilines is 4. The topological polar surface area (TPSA) is 181 Å². The highest BCUT2D eigenvalue weighted by Gasteiger charge is 2.12. The van der Waals surface area contributed by atoms with E-state index < -0.39 is 0 Å². The Morgan fingerprint density at radius 1 is 1.20 bits per heavy atom. The van der Waals surface area contributed by atoms with Gasteiger partial charge in [-0.3, -0.25) is 14.8 Å². The third kappa shape index (κ3) is 6.01. The molecule has 35 heavy (non-hydrogen) atoms. The van der Waals surface area contributed by atoms with E-state index in [1.807, 2.05) is 6.07 Å². The number of rotatable bonds is 8. The minimum Gasteiger partial charge on any atom is -0.404 e. The number of carbonyl (C=O) groups excluding carboxylic acids is 1. The van der Waals surface area contributed by atoms with E-state index in [0.29, 0.717) is 39.6 Å². The number of benzene rings is 2. The number of pyridine rings is 1. The number of carbonyl (C=O) groups is 1. The molecule has 2 aromatic carbocycles. The highest BCUT2D eigenvalue weighted by molar-refractivity contribution is 6.36. The standard InChI is InChI=1S/C24H24ClN9O/c1-30-12-14(10-26)24(35)33-16-4-2-3-15(9-16)32-20-7-8-31-13-18(20)23(29)34-21-6-5-19(28)17(11-27)22(21)25/h2-13,27H,26,28H2,1H3,(H2,29,34)(H,31,32)(H,33,35)/b14-10+,27-11?,30-12?. The number of halogens is 1. The van der Waals surface area contributed by atoms with Gasteiger partial charge in [-0.1, -0.05) is 17.7 Å². The van der Waals surface area contributed by atoms with Gasteiger partial charge >= 0.3 is 0 Å². The molecule has 1 heterocycles. The largest absolute Gasteiger partial charge is 0.404 e. The Morgan fingerprint density at radius 3 is 2.69 bits per heavy atom. The molecule has 11 heteroatoms. The second kappa shape index (κ2) is 11.4. The fraction of sp³-hybridized carbons (Fsp3) is 0.0417. The number of nitrogens with one attached hydrogen (secondary N) is 3. The molecule has 1 aromatic heterocycles. The van der Waals surface area contributed by atoms with E-state index >= 15 is 0 Å². The molecule has 0 spiro atoms. The van der Waals surface area contributed by atoms with Crippen LogP contribution < -0.4 is 27.8 Å². The van der Waals surface area contributed by atoms with Gasteiger partial charge in [-0.15, -0.1) is 0 Å². The molecule has 0 fully saturated rings. The summed E-state index contributed by atoms with van der Waals surface area (Å²) < 4.78 is 0. The summed E-state index contributed by atoms with van der Waals surface area (Å²) in [5.74, 6) is -0.231. The zero-order valence-electron chi connectivity index (χ0n) is 18.8. The SMILES string of the molecule is CN=C/C(=C\N)C(=O)Nc1cccc(Nc2ccncc2C(N)=Nc2ccc(N)c(C=N)c2Cl)c1. The van der Waals surface area contributed by atoms with Crippen LogP contribution in [0.1, 0.15) is 11.1 Å². The number of aliphatic imine (C=N–C) groups is 2. The minimum absolute atomic E-state index is 0.157. The lowest BCUT2D eigenvalue weighted by molar-refractivity contribution is -0.112. The second-order valence-electron chi connectivity index (χ2n) is 7.13. The molecule has 0 saturated heterocycles. The number of nitrogens with two attached hydrogens (primary N) is 3. The summed E-state index contributed by atoms with van der Waals surface area (Å²) in [7, 11) is 1.55. The lowest BCUT2D eigenvalue weighted by Crippen LogP contribution is -2.17. The van der Waals surface area contributed by atoms with Crippen LogP contribution in [0.2, 0.25) is 5.02 Å². The molecule has 0 unspecified atom stereocenters. The van der Waals surface area contributed by atoms with Gasteiger partial charge in [-0.2, -0.15) is 0 Å². The van der Waals surface area contributed by atoms with E-state index in [2.05, 4.69) is 25.6 Å². The number of aromatic nitrogens is 1. The molecule has 10 nitrogen and oxygen atoms in total. The summed E-state index contributed by atoms with van der Waals surface area (Å²) in [5.41, 5.74) is 21.4. The zero-order chi connectivity index (χ0) is 25.4. The Balaban J connectivity index is 1.88. The summed E-state index contributed by atoms with van der Waals surface area (Å²) in [5, 5.41) is 13.8. The summed E-state index contributed by atoms with van der Waals surface area (Å²) in [6, 6.07) is 12.1. The van der Waals surface area contributed by atoms with Crippen molar-refractivity contribution in [2.75, 3.05) is 23.4 Å². The van der Waals surface area contributed by atoms with Crippen LogP contribution in [-0.2, 0) is 4.79 Å². The lowest BCUT2D eigenvalue weighted by Gasteiger charge is -2.13. The van der Waals surface area contributed by atoms with E-state index in [4.69, 9.17) is 34.2 Å². The predicted octanol–water partition coefficient (Wildman–Crippen LogP) is 3.58. The van der Waals surface area contributed by atoms with Crippen LogP contribution in [0.5, 0.6) is 0 Å². The van der Waals surface area contributed by atoms with Crippen LogP contribution in [0.4, 0.5) is 28.4 Å². The van der Waals surface area contributed by atoms with Crippen LogP contribution >= 0.6 is 11.6 Å². The quantitative estimate of drug-likeness (QED) is 0.122. The van der Waals surface area contributed by atoms with Gasteiger partial charge in [0.05, 0.1) is 27.5 Å². The van der Waals surface area contributed by atoms with Gasteiger partial charge in [0.25, 0.3) is 5.91 Å². The van der Waals surface area contributed by atoms with Crippen molar-refractivity contribution in [1.82, 2.24) is 4.98 Å². The van der Waals surface area contributed by atoms with Crippen molar-refractivity contribution in [3.05, 3.63) is 82.8 Å². The van der Waals surface area contributed by atoms with E-state index in [0.717, 1.165) is 6.21 Å². The molecule has 3 rings (SSSR count). The molecule has 0 saturated carbocycles. The maximum Gasteiger partial charge on any atom is 0.258 e. The molecule has 0 aliphatic heterocycles. The molecule has 3 aromatic rings. The van der Waals surface area contributed by atoms with Crippen LogP contribution in [0.25, 0.3) is 0 Å². The highest BCUT2D eigenvalue weighted by Crippen LogP contribution is 2.32. The number of hydrogen-bond donors (Lipinski definition) is 6. The third-order valence-corrected chi connectivity index (χ3v) is 5.18. The Kier molecular flexibility index (Phi) is 8.15. The number of nitrogen functional groups attached to an aromatic ring is 1. The normalized spacial score (nSPS) is 11.9. The van der Waals surface area contributed by atoms with E-state index in [9.17, 15) is 4.79 Å². The lowest BCUT2D eigenvalue weighted by atomic mass is 10.1. The third-order valence-electron chi connectivity index (χ3n) is 4.78. The fourth-order valence-corrected chi connectivity index (χ4v) is 3.35. The maximum absolute atomic E-state index is 12.4. The average molecular weight is 490 g/mol. The Morgan fingerprint density at radius 2 is 1.97 bits per heavy atom. The van der Waals surface area contributed by atoms with Gasteiger partial charge < -0.3 is 33.2 Å². The molecule has 178 valence electrons. The monoisotopic (exact) mass is 489 g/mol. The van der Waals surface area contributed by atoms with Gasteiger partial charge in [-0.25, -0.2) is 4.99 Å². The van der Waals surface area contributed by atoms with E-state index in [-0.39, 0.29) is 22.3 Å². The first kappa shape index (κ1) is 24.9. The van der Waals surface area contributed by atoms with Crippen molar-refractivity contribution in [3.63, 3.8) is 0 Å². The average Bonchev–Trinajstić information content (AvgIpc) is 2.85. The van der Waals surface area contributed by atoms with Crippen molar-refractivity contribution >= 4 is 64.2 Å². The second-order valence-corrected chi connectivity index (χ2v) is 7.51. The molecule has 0 atom stereocenters. The van der Waals surface area contributed by atoms with Crippen LogP contribution in [-0.4, -0.2) is 36.2 Å². The summed E-state index contributed by atoms with van der Waals surface area (Å²) in [4.78, 5) is 24.8. The van der Waals surface area contributed by atoms with Gasteiger partial charge in [0.1, 0.15) is 5.84 Å². The zero-order valence-corrected chi connectivity index (χ0v) is 19.5. The Hall–Kier alpha value is -4.70. The van der Waals surface area contributed by atoms with Crippen molar-refractivity contribution in [2.45, 2.75) is 0 Å². The maximum atomic E-state index is 12.4. The number of hydrogen-bond acceptors (Lipinski definition) is 8. The van der Waals surface area contributed by atoms with Crippen molar-refractivity contribution < 1.29 is 4.79 Å². The van der Waals surface area contributed by atoms with E-state index in [1.165, 1.54) is 12.4 Å². The number of amides is 1. The van der Waals surface area contributed by atoms with Gasteiger partial charge in [-0.05, 0) is 36.4 Å². The highest BCUT2D eigenvalue weighted by atomic mass is 35.5. The van der Waals surface area contributed by atoms with Gasteiger partial charge in [0.2, 0.25) is 0 Å². The van der Waals surface area contributed by atoms with Crippen molar-refractivity contribution in [2.24, 2.45) is 21.5 Å². The molecule has 1 amide bonds. The van der Waals surface area contributed by atoms with Gasteiger partial charge in [0, 0.05) is 60.7 Å². The number of amidine groups is 1. The molecule has 0 aliphatic rings. The first-order valence-corrected chi connectivity index (χ1v) is 10.6.